The van der Waals surface area contributed by atoms with Crippen LogP contribution in [-0.2, 0) is 4.74 Å². The van der Waals surface area contributed by atoms with Gasteiger partial charge in [0.05, 0.1) is 11.7 Å². The number of amides is 1. The average molecular weight is 263 g/mol. The Balaban J connectivity index is 1.80. The quantitative estimate of drug-likeness (QED) is 0.908. The Morgan fingerprint density at radius 1 is 1.16 bits per heavy atom. The molecular weight excluding hydrogens is 242 g/mol. The Bertz CT molecular complexity index is 441. The van der Waals surface area contributed by atoms with Gasteiger partial charge in [-0.1, -0.05) is 0 Å². The van der Waals surface area contributed by atoms with Gasteiger partial charge in [0.25, 0.3) is 0 Å². The van der Waals surface area contributed by atoms with Gasteiger partial charge in [-0.05, 0) is 45.0 Å². The third-order valence-electron chi connectivity index (χ3n) is 3.01. The molecule has 0 aliphatic heterocycles. The highest BCUT2D eigenvalue weighted by Gasteiger charge is 2.34. The molecule has 4 nitrogen and oxygen atoms in total. The van der Waals surface area contributed by atoms with Gasteiger partial charge in [0.1, 0.15) is 11.9 Å². The number of ether oxygens (including phenoxy) is 2. The van der Waals surface area contributed by atoms with Crippen LogP contribution in [0, 0.1) is 0 Å². The monoisotopic (exact) mass is 263 g/mol. The summed E-state index contributed by atoms with van der Waals surface area (Å²) in [7, 11) is 0. The molecule has 1 saturated carbocycles. The van der Waals surface area contributed by atoms with Gasteiger partial charge in [0.15, 0.2) is 0 Å². The first kappa shape index (κ1) is 13.9. The molecule has 1 aromatic rings. The zero-order chi connectivity index (χ0) is 14.0. The van der Waals surface area contributed by atoms with E-state index < -0.39 is 5.91 Å². The largest absolute Gasteiger partial charge is 0.490 e. The molecule has 1 aliphatic rings. The summed E-state index contributed by atoms with van der Waals surface area (Å²) in [4.78, 5) is 10.9. The summed E-state index contributed by atoms with van der Waals surface area (Å²) in [5, 5.41) is 0. The number of hydrogen-bond acceptors (Lipinski definition) is 3. The van der Waals surface area contributed by atoms with Crippen molar-refractivity contribution in [3.8, 4) is 5.75 Å². The molecule has 4 heteroatoms. The smallest absolute Gasteiger partial charge is 0.248 e. The highest BCUT2D eigenvalue weighted by atomic mass is 16.5. The van der Waals surface area contributed by atoms with Gasteiger partial charge < -0.3 is 15.2 Å². The van der Waals surface area contributed by atoms with Crippen LogP contribution in [-0.4, -0.2) is 23.7 Å². The number of carbonyl (C=O) groups excluding carboxylic acids is 1. The molecule has 1 amide bonds. The van der Waals surface area contributed by atoms with Gasteiger partial charge in [-0.25, -0.2) is 0 Å². The highest BCUT2D eigenvalue weighted by Crippen LogP contribution is 2.31. The van der Waals surface area contributed by atoms with E-state index in [2.05, 4.69) is 20.8 Å². The molecule has 0 aromatic heterocycles. The van der Waals surface area contributed by atoms with E-state index in [9.17, 15) is 4.79 Å². The van der Waals surface area contributed by atoms with Gasteiger partial charge in [0, 0.05) is 18.4 Å². The molecule has 0 spiro atoms. The minimum absolute atomic E-state index is 0.0984. The van der Waals surface area contributed by atoms with Crippen LogP contribution in [0.3, 0.4) is 0 Å². The maximum Gasteiger partial charge on any atom is 0.248 e. The zero-order valence-electron chi connectivity index (χ0n) is 11.7. The highest BCUT2D eigenvalue weighted by molar-refractivity contribution is 5.92. The topological polar surface area (TPSA) is 61.6 Å². The molecule has 0 unspecified atom stereocenters. The van der Waals surface area contributed by atoms with Crippen molar-refractivity contribution in [3.05, 3.63) is 29.8 Å². The van der Waals surface area contributed by atoms with Crippen molar-refractivity contribution in [3.63, 3.8) is 0 Å². The van der Waals surface area contributed by atoms with Gasteiger partial charge >= 0.3 is 0 Å². The van der Waals surface area contributed by atoms with E-state index in [1.54, 1.807) is 24.3 Å². The van der Waals surface area contributed by atoms with Crippen LogP contribution in [0.25, 0.3) is 0 Å². The van der Waals surface area contributed by atoms with Crippen molar-refractivity contribution < 1.29 is 14.3 Å². The zero-order valence-corrected chi connectivity index (χ0v) is 11.7. The van der Waals surface area contributed by atoms with Crippen molar-refractivity contribution in [2.45, 2.75) is 51.4 Å². The Labute approximate surface area is 113 Å². The first-order valence-corrected chi connectivity index (χ1v) is 6.58. The van der Waals surface area contributed by atoms with Crippen LogP contribution in [0.15, 0.2) is 24.3 Å². The molecule has 0 bridgehead atoms. The first-order valence-electron chi connectivity index (χ1n) is 6.58. The van der Waals surface area contributed by atoms with E-state index in [0.29, 0.717) is 5.56 Å². The van der Waals surface area contributed by atoms with Gasteiger partial charge in [-0.2, -0.15) is 0 Å². The SMILES string of the molecule is CC(C)(C)OC1CC(Oc2ccc(C(N)=O)cc2)C1. The number of nitrogens with two attached hydrogens (primary N) is 1. The fourth-order valence-corrected chi connectivity index (χ4v) is 2.10. The number of carbonyl (C=O) groups is 1. The van der Waals surface area contributed by atoms with Gasteiger partial charge in [0.2, 0.25) is 5.91 Å². The van der Waals surface area contributed by atoms with Crippen molar-refractivity contribution in [1.29, 1.82) is 0 Å². The lowest BCUT2D eigenvalue weighted by Crippen LogP contribution is -2.43. The summed E-state index contributed by atoms with van der Waals surface area (Å²) in [5.74, 6) is 0.345. The minimum atomic E-state index is -0.422. The Kier molecular flexibility index (Phi) is 3.80. The van der Waals surface area contributed by atoms with E-state index in [-0.39, 0.29) is 17.8 Å². The van der Waals surface area contributed by atoms with Crippen molar-refractivity contribution in [2.75, 3.05) is 0 Å². The Morgan fingerprint density at radius 2 is 1.74 bits per heavy atom. The van der Waals surface area contributed by atoms with E-state index in [1.165, 1.54) is 0 Å². The maximum absolute atomic E-state index is 10.9. The molecule has 0 radical (unpaired) electrons. The predicted octanol–water partition coefficient (Wildman–Crippen LogP) is 2.51. The Hall–Kier alpha value is -1.55. The summed E-state index contributed by atoms with van der Waals surface area (Å²) in [5.41, 5.74) is 5.58. The van der Waals surface area contributed by atoms with E-state index >= 15 is 0 Å². The third kappa shape index (κ3) is 3.96. The third-order valence-corrected chi connectivity index (χ3v) is 3.01. The summed E-state index contributed by atoms with van der Waals surface area (Å²) >= 11 is 0. The van der Waals surface area contributed by atoms with Crippen LogP contribution in [0.1, 0.15) is 44.0 Å². The maximum atomic E-state index is 10.9. The number of benzene rings is 1. The first-order chi connectivity index (χ1) is 8.83. The molecular formula is C15H21NO3. The van der Waals surface area contributed by atoms with Gasteiger partial charge in [-0.3, -0.25) is 4.79 Å². The van der Waals surface area contributed by atoms with E-state index in [0.717, 1.165) is 18.6 Å². The molecule has 0 heterocycles. The van der Waals surface area contributed by atoms with Crippen LogP contribution in [0.5, 0.6) is 5.75 Å². The molecule has 0 saturated heterocycles. The number of hydrogen-bond donors (Lipinski definition) is 1. The fraction of sp³-hybridized carbons (Fsp3) is 0.533. The fourth-order valence-electron chi connectivity index (χ4n) is 2.10. The van der Waals surface area contributed by atoms with E-state index in [1.807, 2.05) is 0 Å². The molecule has 1 aliphatic carbocycles. The number of rotatable bonds is 4. The minimum Gasteiger partial charge on any atom is -0.490 e. The summed E-state index contributed by atoms with van der Waals surface area (Å²) in [6.45, 7) is 6.18. The lowest BCUT2D eigenvalue weighted by atomic mass is 9.91. The summed E-state index contributed by atoms with van der Waals surface area (Å²) in [6.07, 6.45) is 2.31. The lowest BCUT2D eigenvalue weighted by molar-refractivity contribution is -0.126. The Morgan fingerprint density at radius 3 is 2.21 bits per heavy atom. The molecule has 1 fully saturated rings. The van der Waals surface area contributed by atoms with Crippen LogP contribution in [0.4, 0.5) is 0 Å². The van der Waals surface area contributed by atoms with Crippen molar-refractivity contribution in [1.82, 2.24) is 0 Å². The predicted molar refractivity (Wildman–Crippen MR) is 73.2 cm³/mol. The van der Waals surface area contributed by atoms with Crippen molar-refractivity contribution >= 4 is 5.91 Å². The molecule has 1 aromatic carbocycles. The molecule has 2 rings (SSSR count). The lowest BCUT2D eigenvalue weighted by Gasteiger charge is -2.39. The average Bonchev–Trinajstić information content (AvgIpc) is 2.25. The van der Waals surface area contributed by atoms with Crippen molar-refractivity contribution in [2.24, 2.45) is 5.73 Å². The normalized spacial score (nSPS) is 22.7. The van der Waals surface area contributed by atoms with Gasteiger partial charge in [-0.15, -0.1) is 0 Å². The molecule has 19 heavy (non-hydrogen) atoms. The second-order valence-corrected chi connectivity index (χ2v) is 5.95. The number of primary amides is 1. The van der Waals surface area contributed by atoms with E-state index in [4.69, 9.17) is 15.2 Å². The standard InChI is InChI=1S/C15H21NO3/c1-15(2,3)19-13-8-12(9-13)18-11-6-4-10(5-7-11)14(16)17/h4-7,12-13H,8-9H2,1-3H3,(H2,16,17). The van der Waals surface area contributed by atoms with Crippen LogP contribution >= 0.6 is 0 Å². The summed E-state index contributed by atoms with van der Waals surface area (Å²) in [6, 6.07) is 6.91. The molecule has 2 N–H and O–H groups in total. The second kappa shape index (κ2) is 5.21. The van der Waals surface area contributed by atoms with Crippen LogP contribution in [0.2, 0.25) is 0 Å². The molecule has 104 valence electrons. The summed E-state index contributed by atoms with van der Waals surface area (Å²) < 4.78 is 11.6. The molecule has 0 atom stereocenters. The van der Waals surface area contributed by atoms with Crippen LogP contribution < -0.4 is 10.5 Å². The second-order valence-electron chi connectivity index (χ2n) is 5.95.